The number of hydrogen-bond donors (Lipinski definition) is 1. The van der Waals surface area contributed by atoms with Crippen molar-refractivity contribution in [1.82, 2.24) is 4.90 Å². The van der Waals surface area contributed by atoms with Gasteiger partial charge < -0.3 is 9.64 Å². The zero-order chi connectivity index (χ0) is 10.0. The Morgan fingerprint density at radius 2 is 2.38 bits per heavy atom. The van der Waals surface area contributed by atoms with Crippen LogP contribution in [0.15, 0.2) is 0 Å². The van der Waals surface area contributed by atoms with Gasteiger partial charge in [0.1, 0.15) is 11.6 Å². The average molecular weight is 184 g/mol. The van der Waals surface area contributed by atoms with Crippen LogP contribution in [0.2, 0.25) is 0 Å². The fourth-order valence-corrected chi connectivity index (χ4v) is 1.24. The van der Waals surface area contributed by atoms with Gasteiger partial charge in [0, 0.05) is 13.6 Å². The molecule has 0 aromatic carbocycles. The molecule has 0 spiro atoms. The van der Waals surface area contributed by atoms with Crippen LogP contribution < -0.4 is 0 Å². The Bertz CT molecular complexity index is 262. The van der Waals surface area contributed by atoms with E-state index in [0.717, 1.165) is 0 Å². The standard InChI is InChI=1S/C8H12N2O3/c1-3-13-8(12)5-4-10(2)7(11)6(5)9/h5,9H,3-4H2,1-2H3/t5-/m1/s1. The zero-order valence-electron chi connectivity index (χ0n) is 7.66. The molecule has 1 saturated heterocycles. The Morgan fingerprint density at radius 3 is 2.77 bits per heavy atom. The molecule has 13 heavy (non-hydrogen) atoms. The van der Waals surface area contributed by atoms with E-state index >= 15 is 0 Å². The Hall–Kier alpha value is -1.39. The third kappa shape index (κ3) is 1.68. The van der Waals surface area contributed by atoms with E-state index < -0.39 is 17.8 Å². The van der Waals surface area contributed by atoms with Gasteiger partial charge in [-0.05, 0) is 6.92 Å². The first kappa shape index (κ1) is 9.70. The second kappa shape index (κ2) is 3.55. The number of likely N-dealkylation sites (tertiary alicyclic amines) is 1. The van der Waals surface area contributed by atoms with Crippen LogP contribution in [0.4, 0.5) is 0 Å². The van der Waals surface area contributed by atoms with Gasteiger partial charge in [0.25, 0.3) is 5.91 Å². The van der Waals surface area contributed by atoms with Gasteiger partial charge in [-0.3, -0.25) is 15.0 Å². The first-order valence-electron chi connectivity index (χ1n) is 4.08. The Labute approximate surface area is 76.2 Å². The van der Waals surface area contributed by atoms with Crippen LogP contribution in [0, 0.1) is 11.3 Å². The van der Waals surface area contributed by atoms with Gasteiger partial charge in [0.15, 0.2) is 0 Å². The third-order valence-electron chi connectivity index (χ3n) is 1.95. The molecule has 1 aliphatic heterocycles. The topological polar surface area (TPSA) is 70.5 Å². The van der Waals surface area contributed by atoms with Crippen LogP contribution in [0.3, 0.4) is 0 Å². The normalized spacial score (nSPS) is 22.3. The van der Waals surface area contributed by atoms with Crippen molar-refractivity contribution < 1.29 is 14.3 Å². The highest BCUT2D eigenvalue weighted by Crippen LogP contribution is 2.13. The van der Waals surface area contributed by atoms with Gasteiger partial charge in [-0.2, -0.15) is 0 Å². The van der Waals surface area contributed by atoms with Gasteiger partial charge in [0.05, 0.1) is 6.61 Å². The van der Waals surface area contributed by atoms with Crippen molar-refractivity contribution in [3.8, 4) is 0 Å². The molecule has 0 bridgehead atoms. The van der Waals surface area contributed by atoms with E-state index in [4.69, 9.17) is 10.1 Å². The highest BCUT2D eigenvalue weighted by atomic mass is 16.5. The summed E-state index contributed by atoms with van der Waals surface area (Å²) in [6, 6.07) is 0. The van der Waals surface area contributed by atoms with Crippen molar-refractivity contribution in [1.29, 1.82) is 5.41 Å². The molecule has 1 rings (SSSR count). The van der Waals surface area contributed by atoms with Gasteiger partial charge in [0.2, 0.25) is 0 Å². The van der Waals surface area contributed by atoms with Gasteiger partial charge in [-0.15, -0.1) is 0 Å². The van der Waals surface area contributed by atoms with Crippen molar-refractivity contribution in [2.75, 3.05) is 20.2 Å². The van der Waals surface area contributed by atoms with Crippen molar-refractivity contribution in [2.24, 2.45) is 5.92 Å². The lowest BCUT2D eigenvalue weighted by atomic mass is 10.1. The molecule has 0 saturated carbocycles. The van der Waals surface area contributed by atoms with Gasteiger partial charge in [-0.25, -0.2) is 0 Å². The van der Waals surface area contributed by atoms with Crippen LogP contribution in [0.5, 0.6) is 0 Å². The lowest BCUT2D eigenvalue weighted by Crippen LogP contribution is -2.25. The van der Waals surface area contributed by atoms with E-state index in [1.165, 1.54) is 4.90 Å². The van der Waals surface area contributed by atoms with Gasteiger partial charge in [-0.1, -0.05) is 0 Å². The highest BCUT2D eigenvalue weighted by Gasteiger charge is 2.38. The van der Waals surface area contributed by atoms with E-state index in [2.05, 4.69) is 0 Å². The molecule has 1 aliphatic rings. The van der Waals surface area contributed by atoms with Crippen LogP contribution in [0.1, 0.15) is 6.92 Å². The Morgan fingerprint density at radius 1 is 1.77 bits per heavy atom. The zero-order valence-corrected chi connectivity index (χ0v) is 7.66. The summed E-state index contributed by atoms with van der Waals surface area (Å²) in [6.07, 6.45) is 0. The first-order chi connectivity index (χ1) is 6.07. The molecule has 0 aliphatic carbocycles. The van der Waals surface area contributed by atoms with E-state index in [1.54, 1.807) is 14.0 Å². The molecule has 1 N–H and O–H groups in total. The monoisotopic (exact) mass is 184 g/mol. The summed E-state index contributed by atoms with van der Waals surface area (Å²) in [6.45, 7) is 2.24. The number of carbonyl (C=O) groups is 2. The summed E-state index contributed by atoms with van der Waals surface area (Å²) in [5.74, 6) is -1.57. The van der Waals surface area contributed by atoms with E-state index in [0.29, 0.717) is 0 Å². The highest BCUT2D eigenvalue weighted by molar-refractivity contribution is 6.43. The minimum atomic E-state index is -0.697. The molecule has 1 atom stereocenters. The van der Waals surface area contributed by atoms with Crippen molar-refractivity contribution >= 4 is 17.6 Å². The lowest BCUT2D eigenvalue weighted by Gasteiger charge is -2.07. The summed E-state index contributed by atoms with van der Waals surface area (Å²) in [4.78, 5) is 23.7. The number of hydrogen-bond acceptors (Lipinski definition) is 4. The molecular weight excluding hydrogens is 172 g/mol. The smallest absolute Gasteiger partial charge is 0.317 e. The lowest BCUT2D eigenvalue weighted by molar-refractivity contribution is -0.145. The maximum atomic E-state index is 11.2. The molecule has 0 aromatic rings. The molecule has 5 heteroatoms. The fraction of sp³-hybridized carbons (Fsp3) is 0.625. The summed E-state index contributed by atoms with van der Waals surface area (Å²) in [7, 11) is 1.57. The average Bonchev–Trinajstić information content (AvgIpc) is 2.33. The molecule has 0 radical (unpaired) electrons. The second-order valence-electron chi connectivity index (χ2n) is 2.90. The summed E-state index contributed by atoms with van der Waals surface area (Å²) in [5.41, 5.74) is -0.166. The Balaban J connectivity index is 2.68. The summed E-state index contributed by atoms with van der Waals surface area (Å²) in [5, 5.41) is 7.36. The Kier molecular flexibility index (Phi) is 2.65. The number of carbonyl (C=O) groups excluding carboxylic acids is 2. The van der Waals surface area contributed by atoms with E-state index in [-0.39, 0.29) is 18.9 Å². The maximum absolute atomic E-state index is 11.2. The predicted molar refractivity (Wildman–Crippen MR) is 45.5 cm³/mol. The second-order valence-corrected chi connectivity index (χ2v) is 2.90. The molecule has 72 valence electrons. The van der Waals surface area contributed by atoms with Crippen LogP contribution in [-0.2, 0) is 14.3 Å². The van der Waals surface area contributed by atoms with Crippen LogP contribution in [-0.4, -0.2) is 42.7 Å². The van der Waals surface area contributed by atoms with Crippen molar-refractivity contribution in [3.63, 3.8) is 0 Å². The largest absolute Gasteiger partial charge is 0.465 e. The first-order valence-corrected chi connectivity index (χ1v) is 4.08. The van der Waals surface area contributed by atoms with E-state index in [1.807, 2.05) is 0 Å². The number of ether oxygens (including phenoxy) is 1. The molecule has 1 heterocycles. The molecule has 0 unspecified atom stereocenters. The van der Waals surface area contributed by atoms with E-state index in [9.17, 15) is 9.59 Å². The van der Waals surface area contributed by atoms with Crippen molar-refractivity contribution in [2.45, 2.75) is 6.92 Å². The minimum absolute atomic E-state index is 0.166. The summed E-state index contributed by atoms with van der Waals surface area (Å²) < 4.78 is 4.73. The predicted octanol–water partition coefficient (Wildman–Crippen LogP) is -0.343. The fourth-order valence-electron chi connectivity index (χ4n) is 1.24. The van der Waals surface area contributed by atoms with Crippen molar-refractivity contribution in [3.05, 3.63) is 0 Å². The SMILES string of the molecule is CCOC(=O)[C@@H]1CN(C)C(=O)C1=N. The van der Waals surface area contributed by atoms with Gasteiger partial charge >= 0.3 is 5.97 Å². The number of nitrogens with one attached hydrogen (secondary N) is 1. The third-order valence-corrected chi connectivity index (χ3v) is 1.95. The quantitative estimate of drug-likeness (QED) is 0.597. The number of rotatable bonds is 2. The number of amides is 1. The van der Waals surface area contributed by atoms with Crippen LogP contribution >= 0.6 is 0 Å². The molecule has 1 fully saturated rings. The minimum Gasteiger partial charge on any atom is -0.465 e. The molecule has 5 nitrogen and oxygen atoms in total. The molecule has 1 amide bonds. The number of nitrogens with zero attached hydrogens (tertiary/aromatic N) is 1. The maximum Gasteiger partial charge on any atom is 0.317 e. The number of esters is 1. The summed E-state index contributed by atoms with van der Waals surface area (Å²) >= 11 is 0. The molecular formula is C8H12N2O3. The van der Waals surface area contributed by atoms with Crippen LogP contribution in [0.25, 0.3) is 0 Å². The molecule has 0 aromatic heterocycles.